The summed E-state index contributed by atoms with van der Waals surface area (Å²) in [5, 5.41) is 0. The molecule has 2 aliphatic heterocycles. The van der Waals surface area contributed by atoms with Crippen LogP contribution in [0.1, 0.15) is 17.0 Å². The summed E-state index contributed by atoms with van der Waals surface area (Å²) in [6.45, 7) is 0. The van der Waals surface area contributed by atoms with Crippen LogP contribution in [0.5, 0.6) is 5.75 Å². The lowest BCUT2D eigenvalue weighted by molar-refractivity contribution is -0.144. The third-order valence-corrected chi connectivity index (χ3v) is 7.24. The first-order valence-electron chi connectivity index (χ1n) is 7.94. The maximum Gasteiger partial charge on any atom is 0.257 e. The molecule has 4 nitrogen and oxygen atoms in total. The second-order valence-corrected chi connectivity index (χ2v) is 7.88. The van der Waals surface area contributed by atoms with E-state index in [9.17, 15) is 9.59 Å². The molecule has 126 valence electrons. The van der Waals surface area contributed by atoms with Crippen LogP contribution in [-0.2, 0) is 15.2 Å². The van der Waals surface area contributed by atoms with Gasteiger partial charge in [0.15, 0.2) is 15.3 Å². The molecule has 0 unspecified atom stereocenters. The predicted molar refractivity (Wildman–Crippen MR) is 92.9 cm³/mol. The quantitative estimate of drug-likeness (QED) is 0.570. The summed E-state index contributed by atoms with van der Waals surface area (Å²) in [7, 11) is 1.41. The summed E-state index contributed by atoms with van der Waals surface area (Å²) in [6.07, 6.45) is 0. The molecule has 0 N–H and O–H groups in total. The molecule has 2 aromatic rings. The summed E-state index contributed by atoms with van der Waals surface area (Å²) in [5.41, 5.74) is 0.326. The fourth-order valence-electron chi connectivity index (χ4n) is 4.68. The smallest absolute Gasteiger partial charge is 0.257 e. The Morgan fingerprint density at radius 1 is 0.960 bits per heavy atom. The SMILES string of the molecule is CN1C(=O)[C@@]2(Cl)[C@]3(c4ccccc4)Oc4ccccc4[C@@H]3[C@@]2(Cl)C1=O. The van der Waals surface area contributed by atoms with Crippen LogP contribution in [0.4, 0.5) is 0 Å². The van der Waals surface area contributed by atoms with Crippen molar-refractivity contribution in [3.8, 4) is 5.75 Å². The summed E-state index contributed by atoms with van der Waals surface area (Å²) < 4.78 is 6.31. The molecule has 25 heavy (non-hydrogen) atoms. The largest absolute Gasteiger partial charge is 0.479 e. The highest BCUT2D eigenvalue weighted by atomic mass is 35.5. The van der Waals surface area contributed by atoms with Gasteiger partial charge in [0, 0.05) is 12.6 Å². The molecule has 6 heteroatoms. The second kappa shape index (κ2) is 4.37. The van der Waals surface area contributed by atoms with E-state index in [0.29, 0.717) is 5.75 Å². The molecule has 1 saturated carbocycles. The summed E-state index contributed by atoms with van der Waals surface area (Å²) in [4.78, 5) is 23.6. The number of nitrogens with zero attached hydrogens (tertiary/aromatic N) is 1. The maximum absolute atomic E-state index is 13.0. The van der Waals surface area contributed by atoms with Gasteiger partial charge >= 0.3 is 0 Å². The van der Waals surface area contributed by atoms with Gasteiger partial charge < -0.3 is 4.74 Å². The van der Waals surface area contributed by atoms with Gasteiger partial charge in [0.25, 0.3) is 11.8 Å². The topological polar surface area (TPSA) is 46.6 Å². The van der Waals surface area contributed by atoms with Crippen LogP contribution >= 0.6 is 23.2 Å². The Kier molecular flexibility index (Phi) is 2.67. The van der Waals surface area contributed by atoms with Gasteiger partial charge in [0.05, 0.1) is 5.92 Å². The molecule has 2 aromatic carbocycles. The molecule has 2 heterocycles. The molecule has 0 bridgehead atoms. The average Bonchev–Trinajstić information content (AvgIpc) is 3.04. The van der Waals surface area contributed by atoms with Gasteiger partial charge in [0.1, 0.15) is 5.75 Å². The van der Waals surface area contributed by atoms with Crippen LogP contribution in [0.25, 0.3) is 0 Å². The number of carbonyl (C=O) groups excluding carboxylic acids is 2. The van der Waals surface area contributed by atoms with Crippen molar-refractivity contribution in [2.75, 3.05) is 7.05 Å². The number of rotatable bonds is 1. The molecule has 5 rings (SSSR count). The van der Waals surface area contributed by atoms with Crippen LogP contribution in [0, 0.1) is 0 Å². The number of amides is 2. The van der Waals surface area contributed by atoms with Gasteiger partial charge in [-0.1, -0.05) is 48.5 Å². The lowest BCUT2D eigenvalue weighted by atomic mass is 9.50. The monoisotopic (exact) mass is 373 g/mol. The minimum absolute atomic E-state index is 0.481. The number of hydrogen-bond donors (Lipinski definition) is 0. The Balaban J connectivity index is 1.86. The van der Waals surface area contributed by atoms with E-state index in [1.54, 1.807) is 0 Å². The first-order chi connectivity index (χ1) is 11.9. The van der Waals surface area contributed by atoms with E-state index >= 15 is 0 Å². The molecule has 4 atom stereocenters. The highest BCUT2D eigenvalue weighted by Crippen LogP contribution is 2.78. The first-order valence-corrected chi connectivity index (χ1v) is 8.70. The van der Waals surface area contributed by atoms with Crippen LogP contribution in [-0.4, -0.2) is 33.5 Å². The van der Waals surface area contributed by atoms with E-state index in [4.69, 9.17) is 27.9 Å². The van der Waals surface area contributed by atoms with Crippen LogP contribution in [0.2, 0.25) is 0 Å². The van der Waals surface area contributed by atoms with Crippen molar-refractivity contribution in [2.45, 2.75) is 21.3 Å². The van der Waals surface area contributed by atoms with Crippen molar-refractivity contribution in [2.24, 2.45) is 0 Å². The Morgan fingerprint density at radius 3 is 2.32 bits per heavy atom. The summed E-state index contributed by atoms with van der Waals surface area (Å²) >= 11 is 13.7. The Labute approximate surface area is 154 Å². The molecule has 1 saturated heterocycles. The Morgan fingerprint density at radius 2 is 1.60 bits per heavy atom. The fourth-order valence-corrected chi connectivity index (χ4v) is 5.87. The number of hydrogen-bond acceptors (Lipinski definition) is 3. The third-order valence-electron chi connectivity index (χ3n) is 5.74. The average molecular weight is 374 g/mol. The van der Waals surface area contributed by atoms with Gasteiger partial charge in [-0.25, -0.2) is 0 Å². The van der Waals surface area contributed by atoms with Gasteiger partial charge in [-0.15, -0.1) is 23.2 Å². The first kappa shape index (κ1) is 15.2. The van der Waals surface area contributed by atoms with Crippen LogP contribution < -0.4 is 4.74 Å². The highest BCUT2D eigenvalue weighted by molar-refractivity contribution is 6.56. The van der Waals surface area contributed by atoms with Crippen molar-refractivity contribution in [1.29, 1.82) is 0 Å². The normalized spacial score (nSPS) is 37.9. The van der Waals surface area contributed by atoms with Crippen molar-refractivity contribution >= 4 is 35.0 Å². The van der Waals surface area contributed by atoms with Crippen molar-refractivity contribution in [1.82, 2.24) is 4.90 Å². The molecule has 2 fully saturated rings. The van der Waals surface area contributed by atoms with Crippen LogP contribution in [0.3, 0.4) is 0 Å². The molecule has 0 aromatic heterocycles. The third kappa shape index (κ3) is 1.30. The Hall–Kier alpha value is -2.04. The number of para-hydroxylation sites is 1. The van der Waals surface area contributed by atoms with Gasteiger partial charge in [0.2, 0.25) is 0 Å². The van der Waals surface area contributed by atoms with Gasteiger partial charge in [-0.2, -0.15) is 0 Å². The van der Waals surface area contributed by atoms with Gasteiger partial charge in [-0.05, 0) is 11.6 Å². The number of fused-ring (bicyclic) bond motifs is 6. The van der Waals surface area contributed by atoms with Gasteiger partial charge in [-0.3, -0.25) is 14.5 Å². The highest BCUT2D eigenvalue weighted by Gasteiger charge is 2.93. The molecule has 1 aliphatic carbocycles. The molecule has 0 spiro atoms. The molecule has 2 amide bonds. The molecular weight excluding hydrogens is 361 g/mol. The number of halogens is 2. The predicted octanol–water partition coefficient (Wildman–Crippen LogP) is 3.03. The zero-order valence-electron chi connectivity index (χ0n) is 13.2. The summed E-state index contributed by atoms with van der Waals surface area (Å²) in [6, 6.07) is 16.7. The molecular formula is C19H13Cl2NO3. The van der Waals surface area contributed by atoms with E-state index in [1.165, 1.54) is 7.05 Å². The van der Waals surface area contributed by atoms with E-state index in [-0.39, 0.29) is 0 Å². The second-order valence-electron chi connectivity index (χ2n) is 6.71. The standard InChI is InChI=1S/C19H13Cl2NO3/c1-22-15(23)17(20)14-12-9-5-6-10-13(12)25-18(14,19(17,21)16(22)24)11-7-3-2-4-8-11/h2-10,14H,1H3/t14-,17-,18-,19+/m1/s1. The zero-order valence-corrected chi connectivity index (χ0v) is 14.7. The number of likely N-dealkylation sites (tertiary alicyclic amines) is 1. The van der Waals surface area contributed by atoms with Crippen molar-refractivity contribution in [3.63, 3.8) is 0 Å². The lowest BCUT2D eigenvalue weighted by Crippen LogP contribution is -2.79. The van der Waals surface area contributed by atoms with E-state index in [0.717, 1.165) is 16.0 Å². The maximum atomic E-state index is 13.0. The Bertz CT molecular complexity index is 949. The van der Waals surface area contributed by atoms with E-state index in [2.05, 4.69) is 0 Å². The van der Waals surface area contributed by atoms with E-state index < -0.39 is 33.1 Å². The number of ether oxygens (including phenoxy) is 1. The summed E-state index contributed by atoms with van der Waals surface area (Å²) in [5.74, 6) is -0.943. The fraction of sp³-hybridized carbons (Fsp3) is 0.263. The minimum Gasteiger partial charge on any atom is -0.479 e. The van der Waals surface area contributed by atoms with E-state index in [1.807, 2.05) is 54.6 Å². The molecule has 3 aliphatic rings. The number of alkyl halides is 2. The van der Waals surface area contributed by atoms with Crippen LogP contribution in [0.15, 0.2) is 54.6 Å². The van der Waals surface area contributed by atoms with Crippen molar-refractivity contribution < 1.29 is 14.3 Å². The number of benzene rings is 2. The number of imide groups is 1. The zero-order chi connectivity index (χ0) is 17.6. The minimum atomic E-state index is -1.70. The molecule has 0 radical (unpaired) electrons. The van der Waals surface area contributed by atoms with Crippen molar-refractivity contribution in [3.05, 3.63) is 65.7 Å². The lowest BCUT2D eigenvalue weighted by Gasteiger charge is -2.60. The number of carbonyl (C=O) groups is 2.